The number of hydrogen-bond acceptors (Lipinski definition) is 9. The number of halogens is 2. The first-order chi connectivity index (χ1) is 23.9. The number of carbonyl (C=O) groups excluding carboxylic acids is 2. The fraction of sp³-hybridized carbons (Fsp3) is 0.500. The van der Waals surface area contributed by atoms with Gasteiger partial charge in [-0.2, -0.15) is 0 Å². The molecule has 1 spiro atoms. The molecule has 5 unspecified atom stereocenters. The first-order valence-corrected chi connectivity index (χ1v) is 19.7. The molecule has 2 heterocycles. The molecule has 0 amide bonds. The number of carbonyl (C=O) groups is 2. The summed E-state index contributed by atoms with van der Waals surface area (Å²) >= 11 is 12.8. The number of hydrogen-bond donors (Lipinski definition) is 4. The van der Waals surface area contributed by atoms with Crippen LogP contribution in [0.25, 0.3) is 0 Å². The van der Waals surface area contributed by atoms with Gasteiger partial charge in [-0.3, -0.25) is 19.1 Å². The van der Waals surface area contributed by atoms with E-state index in [4.69, 9.17) is 37.4 Å². The number of allylic oxidation sites excluding steroid dienone is 3. The summed E-state index contributed by atoms with van der Waals surface area (Å²) in [6.45, 7) is 1.69. The number of piperidine rings is 1. The van der Waals surface area contributed by atoms with Gasteiger partial charge in [0.05, 0.1) is 33.2 Å². The number of nitrogens with zero attached hydrogens (tertiary/aromatic N) is 1. The smallest absolute Gasteiger partial charge is 0.336 e. The molecule has 0 aromatic heterocycles. The maximum atomic E-state index is 13.8. The highest BCUT2D eigenvalue weighted by Gasteiger charge is 2.77. The van der Waals surface area contributed by atoms with Crippen molar-refractivity contribution in [1.82, 2.24) is 4.90 Å². The van der Waals surface area contributed by atoms with Crippen molar-refractivity contribution in [2.24, 2.45) is 23.2 Å². The van der Waals surface area contributed by atoms with Gasteiger partial charge in [0.1, 0.15) is 24.1 Å². The van der Waals surface area contributed by atoms with E-state index in [2.05, 4.69) is 10.2 Å². The molecule has 266 valence electrons. The van der Waals surface area contributed by atoms with Crippen molar-refractivity contribution in [3.8, 4) is 0 Å². The molecule has 5 fully saturated rings. The Balaban J connectivity index is 1.09. The predicted molar refractivity (Wildman–Crippen MR) is 185 cm³/mol. The first kappa shape index (κ1) is 34.2. The largest absolute Gasteiger partial charge is 0.486 e. The SMILES string of the molecule is O=C(CP(=O)(O)O)OC1=C2OC3[C@H](OC(=O)Cc4ccccc4Nc4c(Cl)cccc4Cl)CC[C@@]4(O)C5CC(C=C1)C2C34CCN5CC1CC1. The number of esters is 2. The molecule has 2 bridgehead atoms. The molecular weight excluding hydrogens is 706 g/mol. The summed E-state index contributed by atoms with van der Waals surface area (Å²) in [4.78, 5) is 47.6. The third-order valence-electron chi connectivity index (χ3n) is 11.6. The van der Waals surface area contributed by atoms with E-state index < -0.39 is 48.9 Å². The molecule has 2 saturated heterocycles. The highest BCUT2D eigenvalue weighted by Crippen LogP contribution is 2.70. The Morgan fingerprint density at radius 3 is 2.54 bits per heavy atom. The molecule has 11 nitrogen and oxygen atoms in total. The Hall–Kier alpha value is -2.89. The van der Waals surface area contributed by atoms with Crippen LogP contribution in [0, 0.1) is 23.2 Å². The van der Waals surface area contributed by atoms with Crippen LogP contribution < -0.4 is 5.32 Å². The highest BCUT2D eigenvalue weighted by molar-refractivity contribution is 7.52. The second-order valence-electron chi connectivity index (χ2n) is 14.6. The van der Waals surface area contributed by atoms with Crippen LogP contribution >= 0.6 is 30.8 Å². The maximum absolute atomic E-state index is 13.8. The fourth-order valence-corrected chi connectivity index (χ4v) is 10.4. The number of anilines is 2. The lowest BCUT2D eigenvalue weighted by molar-refractivity contribution is -0.270. The van der Waals surface area contributed by atoms with Crippen LogP contribution in [0.4, 0.5) is 11.4 Å². The second kappa shape index (κ2) is 12.7. The third kappa shape index (κ3) is 5.89. The molecule has 6 aliphatic rings. The molecule has 8 rings (SSSR count). The Morgan fingerprint density at radius 1 is 1.04 bits per heavy atom. The van der Waals surface area contributed by atoms with E-state index >= 15 is 0 Å². The summed E-state index contributed by atoms with van der Waals surface area (Å²) < 4.78 is 30.1. The first-order valence-electron chi connectivity index (χ1n) is 17.2. The molecule has 50 heavy (non-hydrogen) atoms. The van der Waals surface area contributed by atoms with E-state index in [-0.39, 0.29) is 30.1 Å². The average Bonchev–Trinajstić information content (AvgIpc) is 3.79. The lowest BCUT2D eigenvalue weighted by Gasteiger charge is -2.66. The van der Waals surface area contributed by atoms with Crippen LogP contribution in [0.15, 0.2) is 66.1 Å². The summed E-state index contributed by atoms with van der Waals surface area (Å²) in [6.07, 6.45) is 5.56. The summed E-state index contributed by atoms with van der Waals surface area (Å²) in [5.41, 5.74) is -0.119. The average molecular weight is 746 g/mol. The number of nitrogens with one attached hydrogen (secondary N) is 1. The molecule has 14 heteroatoms. The van der Waals surface area contributed by atoms with Crippen molar-refractivity contribution < 1.29 is 43.3 Å². The lowest BCUT2D eigenvalue weighted by atomic mass is 9.44. The van der Waals surface area contributed by atoms with Gasteiger partial charge in [-0.15, -0.1) is 0 Å². The predicted octanol–water partition coefficient (Wildman–Crippen LogP) is 5.72. The molecule has 0 radical (unpaired) electrons. The van der Waals surface area contributed by atoms with Crippen LogP contribution in [0.1, 0.15) is 44.1 Å². The van der Waals surface area contributed by atoms with E-state index in [9.17, 15) is 29.0 Å². The van der Waals surface area contributed by atoms with Gasteiger partial charge in [0, 0.05) is 24.2 Å². The van der Waals surface area contributed by atoms with E-state index in [1.807, 2.05) is 30.3 Å². The van der Waals surface area contributed by atoms with Crippen molar-refractivity contribution in [2.45, 2.75) is 68.8 Å². The van der Waals surface area contributed by atoms with Crippen molar-refractivity contribution >= 4 is 54.1 Å². The topological polar surface area (TPSA) is 155 Å². The Bertz CT molecular complexity index is 1820. The van der Waals surface area contributed by atoms with E-state index in [1.54, 1.807) is 24.3 Å². The van der Waals surface area contributed by atoms with Crippen molar-refractivity contribution in [2.75, 3.05) is 24.6 Å². The van der Waals surface area contributed by atoms with Crippen LogP contribution in [0.3, 0.4) is 0 Å². The van der Waals surface area contributed by atoms with Crippen LogP contribution in [-0.2, 0) is 34.8 Å². The third-order valence-corrected chi connectivity index (χ3v) is 12.9. The van der Waals surface area contributed by atoms with Crippen LogP contribution in [-0.4, -0.2) is 74.8 Å². The van der Waals surface area contributed by atoms with Crippen molar-refractivity contribution in [3.05, 3.63) is 81.7 Å². The Labute approximate surface area is 299 Å². The van der Waals surface area contributed by atoms with Gasteiger partial charge in [-0.25, -0.2) is 0 Å². The summed E-state index contributed by atoms with van der Waals surface area (Å²) in [5.74, 6) is -0.827. The maximum Gasteiger partial charge on any atom is 0.336 e. The van der Waals surface area contributed by atoms with Gasteiger partial charge < -0.3 is 34.4 Å². The fourth-order valence-electron chi connectivity index (χ4n) is 9.47. The molecular formula is C36H39Cl2N2O9P. The van der Waals surface area contributed by atoms with Gasteiger partial charge in [0.25, 0.3) is 0 Å². The zero-order chi connectivity index (χ0) is 35.0. The van der Waals surface area contributed by atoms with Crippen LogP contribution in [0.5, 0.6) is 0 Å². The molecule has 2 aliphatic heterocycles. The number of aliphatic hydroxyl groups is 1. The molecule has 3 saturated carbocycles. The zero-order valence-electron chi connectivity index (χ0n) is 27.2. The minimum atomic E-state index is -4.66. The van der Waals surface area contributed by atoms with Gasteiger partial charge in [-0.1, -0.05) is 53.5 Å². The quantitative estimate of drug-likeness (QED) is 0.174. The summed E-state index contributed by atoms with van der Waals surface area (Å²) in [5, 5.41) is 17.0. The van der Waals surface area contributed by atoms with Crippen LogP contribution in [0.2, 0.25) is 10.0 Å². The van der Waals surface area contributed by atoms with Gasteiger partial charge in [-0.05, 0) is 86.7 Å². The monoisotopic (exact) mass is 744 g/mol. The van der Waals surface area contributed by atoms with E-state index in [0.717, 1.165) is 13.1 Å². The van der Waals surface area contributed by atoms with E-state index in [1.165, 1.54) is 12.8 Å². The number of ether oxygens (including phenoxy) is 3. The minimum Gasteiger partial charge on any atom is -0.486 e. The number of para-hydroxylation sites is 2. The minimum absolute atomic E-state index is 0.0319. The van der Waals surface area contributed by atoms with Gasteiger partial charge >= 0.3 is 19.5 Å². The summed E-state index contributed by atoms with van der Waals surface area (Å²) in [6, 6.07) is 12.4. The molecule has 7 atom stereocenters. The number of benzene rings is 2. The van der Waals surface area contributed by atoms with Gasteiger partial charge in [0.2, 0.25) is 0 Å². The van der Waals surface area contributed by atoms with Crippen molar-refractivity contribution in [1.29, 1.82) is 0 Å². The number of likely N-dealkylation sites (tertiary alicyclic amines) is 1. The summed E-state index contributed by atoms with van der Waals surface area (Å²) in [7, 11) is -4.66. The zero-order valence-corrected chi connectivity index (χ0v) is 29.6. The molecule has 4 aliphatic carbocycles. The lowest BCUT2D eigenvalue weighted by Crippen LogP contribution is -2.77. The normalized spacial score (nSPS) is 32.6. The standard InChI is InChI=1S/C36H39Cl2N2O9P/c37-23-5-3-6-24(38)32(23)39-25-7-2-1-4-21(25)17-29(41)48-27-12-13-36(43)28-16-22-10-11-26(47-30(42)19-50(44,45)46)33-31(22)35(36,34(27)49-33)14-15-40(28)18-20-8-9-20/h1-7,10-11,20,22,27-28,31,34,39,43H,8-9,12-19H2,(H2,44,45,46)/t22?,27-,28?,31?,34?,35?,36-/m1/s1. The van der Waals surface area contributed by atoms with Crippen molar-refractivity contribution in [3.63, 3.8) is 0 Å². The molecule has 2 aromatic rings. The Morgan fingerprint density at radius 2 is 1.80 bits per heavy atom. The van der Waals surface area contributed by atoms with Gasteiger partial charge in [0.15, 0.2) is 5.76 Å². The Kier molecular flexibility index (Phi) is 8.66. The highest BCUT2D eigenvalue weighted by atomic mass is 35.5. The molecule has 2 aromatic carbocycles. The second-order valence-corrected chi connectivity index (χ2v) is 17.1. The van der Waals surface area contributed by atoms with E-state index in [0.29, 0.717) is 64.3 Å². The number of rotatable bonds is 10. The molecule has 4 N–H and O–H groups in total.